The summed E-state index contributed by atoms with van der Waals surface area (Å²) in [6, 6.07) is 6.10. The average Bonchev–Trinajstić information content (AvgIpc) is 2.38. The van der Waals surface area contributed by atoms with Crippen LogP contribution >= 0.6 is 0 Å². The third-order valence-corrected chi connectivity index (χ3v) is 2.18. The van der Waals surface area contributed by atoms with Crippen LogP contribution in [0.3, 0.4) is 0 Å². The molecule has 5 heteroatoms. The van der Waals surface area contributed by atoms with E-state index < -0.39 is 18.0 Å². The number of rotatable bonds is 5. The fourth-order valence-electron chi connectivity index (χ4n) is 1.16. The van der Waals surface area contributed by atoms with Crippen molar-refractivity contribution in [2.75, 3.05) is 0 Å². The molecule has 0 aliphatic rings. The Labute approximate surface area is 110 Å². The Morgan fingerprint density at radius 3 is 2.63 bits per heavy atom. The van der Waals surface area contributed by atoms with Crippen molar-refractivity contribution < 1.29 is 23.9 Å². The molecule has 1 rings (SSSR count). The molecule has 0 aliphatic carbocycles. The van der Waals surface area contributed by atoms with E-state index in [4.69, 9.17) is 9.47 Å². The van der Waals surface area contributed by atoms with Crippen molar-refractivity contribution in [2.45, 2.75) is 20.0 Å². The van der Waals surface area contributed by atoms with Gasteiger partial charge in [0.05, 0.1) is 0 Å². The minimum Gasteiger partial charge on any atom is -0.447 e. The summed E-state index contributed by atoms with van der Waals surface area (Å²) in [7, 11) is 0. The molecule has 1 aromatic carbocycles. The molecular formula is C14H14O5. The maximum Gasteiger partial charge on any atom is 0.352 e. The molecule has 0 saturated heterocycles. The molecule has 0 bridgehead atoms. The predicted octanol–water partition coefficient (Wildman–Crippen LogP) is 1.91. The van der Waals surface area contributed by atoms with Gasteiger partial charge in [0, 0.05) is 11.1 Å². The van der Waals surface area contributed by atoms with Gasteiger partial charge in [0.1, 0.15) is 12.0 Å². The molecule has 0 heterocycles. The zero-order chi connectivity index (χ0) is 14.4. The normalized spacial score (nSPS) is 11.3. The van der Waals surface area contributed by atoms with Crippen LogP contribution in [0.1, 0.15) is 24.2 Å². The zero-order valence-electron chi connectivity index (χ0n) is 10.7. The first-order chi connectivity index (χ1) is 8.93. The number of benzene rings is 1. The fraction of sp³-hybridized carbons (Fsp3) is 0.214. The summed E-state index contributed by atoms with van der Waals surface area (Å²) in [4.78, 5) is 33.5. The second-order valence-corrected chi connectivity index (χ2v) is 3.94. The molecule has 19 heavy (non-hydrogen) atoms. The number of carbonyl (C=O) groups is 3. The van der Waals surface area contributed by atoms with Crippen LogP contribution in [-0.4, -0.2) is 24.3 Å². The van der Waals surface area contributed by atoms with Crippen LogP contribution in [0.5, 0.6) is 5.75 Å². The van der Waals surface area contributed by atoms with Crippen molar-refractivity contribution in [2.24, 2.45) is 0 Å². The molecule has 100 valence electrons. The number of esters is 2. The van der Waals surface area contributed by atoms with Gasteiger partial charge in [-0.15, -0.1) is 0 Å². The lowest BCUT2D eigenvalue weighted by molar-refractivity contribution is -0.158. The molecule has 0 spiro atoms. The van der Waals surface area contributed by atoms with Crippen LogP contribution in [0.15, 0.2) is 36.4 Å². The first kappa shape index (κ1) is 14.6. The van der Waals surface area contributed by atoms with Gasteiger partial charge in [0.15, 0.2) is 6.10 Å². The molecule has 1 atom stereocenters. The van der Waals surface area contributed by atoms with Crippen molar-refractivity contribution in [3.05, 3.63) is 42.0 Å². The average molecular weight is 262 g/mol. The molecule has 0 radical (unpaired) electrons. The number of hydrogen-bond acceptors (Lipinski definition) is 5. The Balaban J connectivity index is 2.65. The van der Waals surface area contributed by atoms with Crippen molar-refractivity contribution in [1.82, 2.24) is 0 Å². The minimum atomic E-state index is -1.05. The van der Waals surface area contributed by atoms with Gasteiger partial charge in [-0.1, -0.05) is 18.7 Å². The van der Waals surface area contributed by atoms with E-state index in [1.807, 2.05) is 0 Å². The van der Waals surface area contributed by atoms with E-state index in [0.29, 0.717) is 11.8 Å². The Hall–Kier alpha value is -2.43. The van der Waals surface area contributed by atoms with Crippen LogP contribution in [0, 0.1) is 0 Å². The van der Waals surface area contributed by atoms with Gasteiger partial charge in [-0.3, -0.25) is 4.79 Å². The molecule has 0 aliphatic heterocycles. The molecular weight excluding hydrogens is 248 g/mol. The summed E-state index contributed by atoms with van der Waals surface area (Å²) in [5, 5.41) is 0. The highest BCUT2D eigenvalue weighted by molar-refractivity contribution is 5.89. The molecule has 0 N–H and O–H groups in total. The quantitative estimate of drug-likeness (QED) is 0.351. The first-order valence-corrected chi connectivity index (χ1v) is 5.57. The Kier molecular flexibility index (Phi) is 5.00. The molecule has 0 aromatic heterocycles. The van der Waals surface area contributed by atoms with E-state index in [2.05, 4.69) is 6.58 Å². The SMILES string of the molecule is C=C(C)C(=O)OC(C)C(=O)Oc1cccc(C=O)c1. The van der Waals surface area contributed by atoms with Crippen molar-refractivity contribution in [3.8, 4) is 5.75 Å². The zero-order valence-corrected chi connectivity index (χ0v) is 10.7. The number of hydrogen-bond donors (Lipinski definition) is 0. The van der Waals surface area contributed by atoms with Gasteiger partial charge >= 0.3 is 11.9 Å². The van der Waals surface area contributed by atoms with E-state index >= 15 is 0 Å². The fourth-order valence-corrected chi connectivity index (χ4v) is 1.16. The highest BCUT2D eigenvalue weighted by Gasteiger charge is 2.20. The Morgan fingerprint density at radius 2 is 2.05 bits per heavy atom. The van der Waals surface area contributed by atoms with Crippen LogP contribution < -0.4 is 4.74 Å². The summed E-state index contributed by atoms with van der Waals surface area (Å²) in [6.07, 6.45) is -0.411. The molecule has 1 aromatic rings. The van der Waals surface area contributed by atoms with E-state index in [-0.39, 0.29) is 11.3 Å². The maximum absolute atomic E-state index is 11.7. The highest BCUT2D eigenvalue weighted by Crippen LogP contribution is 2.13. The van der Waals surface area contributed by atoms with Crippen LogP contribution in [0.2, 0.25) is 0 Å². The predicted molar refractivity (Wildman–Crippen MR) is 67.8 cm³/mol. The van der Waals surface area contributed by atoms with Crippen LogP contribution in [0.25, 0.3) is 0 Å². The van der Waals surface area contributed by atoms with Crippen molar-refractivity contribution >= 4 is 18.2 Å². The van der Waals surface area contributed by atoms with Crippen molar-refractivity contribution in [1.29, 1.82) is 0 Å². The topological polar surface area (TPSA) is 69.7 Å². The third-order valence-electron chi connectivity index (χ3n) is 2.18. The van der Waals surface area contributed by atoms with Gasteiger partial charge in [-0.2, -0.15) is 0 Å². The largest absolute Gasteiger partial charge is 0.447 e. The van der Waals surface area contributed by atoms with E-state index in [0.717, 1.165) is 0 Å². The minimum absolute atomic E-state index is 0.197. The van der Waals surface area contributed by atoms with Crippen LogP contribution in [-0.2, 0) is 14.3 Å². The van der Waals surface area contributed by atoms with E-state index in [1.165, 1.54) is 26.0 Å². The summed E-state index contributed by atoms with van der Waals surface area (Å²) in [5.41, 5.74) is 0.583. The second kappa shape index (κ2) is 6.49. The van der Waals surface area contributed by atoms with E-state index in [1.54, 1.807) is 12.1 Å². The van der Waals surface area contributed by atoms with Gasteiger partial charge in [-0.25, -0.2) is 9.59 Å². The Morgan fingerprint density at radius 1 is 1.37 bits per heavy atom. The molecule has 0 saturated carbocycles. The smallest absolute Gasteiger partial charge is 0.352 e. The summed E-state index contributed by atoms with van der Waals surface area (Å²) < 4.78 is 9.81. The lowest BCUT2D eigenvalue weighted by Crippen LogP contribution is -2.28. The molecule has 1 unspecified atom stereocenters. The summed E-state index contributed by atoms with van der Waals surface area (Å²) in [5.74, 6) is -1.17. The van der Waals surface area contributed by atoms with Gasteiger partial charge in [0.25, 0.3) is 0 Å². The van der Waals surface area contributed by atoms with Crippen molar-refractivity contribution in [3.63, 3.8) is 0 Å². The molecule has 0 amide bonds. The van der Waals surface area contributed by atoms with Crippen LogP contribution in [0.4, 0.5) is 0 Å². The lowest BCUT2D eigenvalue weighted by Gasteiger charge is -2.12. The van der Waals surface area contributed by atoms with Gasteiger partial charge in [-0.05, 0) is 26.0 Å². The molecule has 5 nitrogen and oxygen atoms in total. The highest BCUT2D eigenvalue weighted by atomic mass is 16.6. The second-order valence-electron chi connectivity index (χ2n) is 3.94. The number of ether oxygens (including phenoxy) is 2. The number of carbonyl (C=O) groups excluding carboxylic acids is 3. The maximum atomic E-state index is 11.7. The van der Waals surface area contributed by atoms with Gasteiger partial charge in [0.2, 0.25) is 0 Å². The number of aldehydes is 1. The monoisotopic (exact) mass is 262 g/mol. The third kappa shape index (κ3) is 4.39. The lowest BCUT2D eigenvalue weighted by atomic mass is 10.2. The molecule has 0 fully saturated rings. The Bertz CT molecular complexity index is 518. The summed E-state index contributed by atoms with van der Waals surface area (Å²) >= 11 is 0. The standard InChI is InChI=1S/C14H14O5/c1-9(2)13(16)18-10(3)14(17)19-12-6-4-5-11(7-12)8-15/h4-8,10H,1H2,2-3H3. The first-order valence-electron chi connectivity index (χ1n) is 5.57. The van der Waals surface area contributed by atoms with E-state index in [9.17, 15) is 14.4 Å². The summed E-state index contributed by atoms with van der Waals surface area (Å²) in [6.45, 7) is 6.28. The van der Waals surface area contributed by atoms with Gasteiger partial charge < -0.3 is 9.47 Å².